The van der Waals surface area contributed by atoms with Gasteiger partial charge in [0, 0.05) is 11.6 Å². The van der Waals surface area contributed by atoms with Crippen LogP contribution in [-0.4, -0.2) is 14.3 Å². The van der Waals surface area contributed by atoms with Crippen molar-refractivity contribution in [3.05, 3.63) is 24.3 Å². The molecule has 1 aromatic carbocycles. The maximum atomic E-state index is 11.9. The van der Waals surface area contributed by atoms with Crippen LogP contribution in [-0.2, 0) is 15.1 Å². The highest BCUT2D eigenvalue weighted by molar-refractivity contribution is 7.84. The van der Waals surface area contributed by atoms with E-state index in [9.17, 15) is 13.2 Å². The molecule has 0 bridgehead atoms. The average molecular weight is 284 g/mol. The third-order valence-corrected chi connectivity index (χ3v) is 3.48. The van der Waals surface area contributed by atoms with Crippen molar-refractivity contribution in [2.75, 3.05) is 5.32 Å². The molecule has 104 valence electrons. The Morgan fingerprint density at radius 1 is 1.21 bits per heavy atom. The first-order chi connectivity index (χ1) is 8.94. The molecule has 1 aromatic rings. The zero-order chi connectivity index (χ0) is 13.9. The molecule has 0 aromatic heterocycles. The number of amides is 1. The first-order valence-electron chi connectivity index (χ1n) is 6.07. The molecule has 1 fully saturated rings. The summed E-state index contributed by atoms with van der Waals surface area (Å²) in [5.74, 6) is 0.208. The molecule has 1 saturated carbocycles. The van der Waals surface area contributed by atoms with Gasteiger partial charge in [0.25, 0.3) is 0 Å². The molecule has 0 saturated heterocycles. The van der Waals surface area contributed by atoms with E-state index in [4.69, 9.17) is 5.14 Å². The van der Waals surface area contributed by atoms with Crippen LogP contribution in [0.4, 0.5) is 5.69 Å². The van der Waals surface area contributed by atoms with Crippen LogP contribution in [0.3, 0.4) is 0 Å². The number of anilines is 1. The first-order valence-corrected chi connectivity index (χ1v) is 7.54. The number of hydrogen-bond donors (Lipinski definition) is 2. The molecule has 3 N–H and O–H groups in total. The van der Waals surface area contributed by atoms with Gasteiger partial charge in [0.05, 0.1) is 0 Å². The van der Waals surface area contributed by atoms with Gasteiger partial charge in [0.1, 0.15) is 5.75 Å². The lowest BCUT2D eigenvalue weighted by Crippen LogP contribution is -2.20. The number of benzene rings is 1. The van der Waals surface area contributed by atoms with Gasteiger partial charge in [-0.15, -0.1) is 0 Å². The van der Waals surface area contributed by atoms with Crippen LogP contribution in [0.25, 0.3) is 0 Å². The lowest BCUT2D eigenvalue weighted by atomic mass is 10.1. The predicted molar refractivity (Wildman–Crippen MR) is 70.8 cm³/mol. The van der Waals surface area contributed by atoms with Crippen molar-refractivity contribution >= 4 is 21.9 Å². The van der Waals surface area contributed by atoms with Crippen molar-refractivity contribution in [1.29, 1.82) is 0 Å². The Morgan fingerprint density at radius 2 is 1.79 bits per heavy atom. The maximum absolute atomic E-state index is 11.9. The van der Waals surface area contributed by atoms with Crippen molar-refractivity contribution in [1.82, 2.24) is 0 Å². The van der Waals surface area contributed by atoms with Crippen molar-refractivity contribution in [2.24, 2.45) is 11.1 Å². The summed E-state index contributed by atoms with van der Waals surface area (Å²) in [6, 6.07) is 6.03. The topological polar surface area (TPSA) is 98.5 Å². The van der Waals surface area contributed by atoms with Crippen molar-refractivity contribution in [3.8, 4) is 5.75 Å². The highest BCUT2D eigenvalue weighted by atomic mass is 32.2. The van der Waals surface area contributed by atoms with Crippen molar-refractivity contribution in [3.63, 3.8) is 0 Å². The van der Waals surface area contributed by atoms with E-state index in [-0.39, 0.29) is 17.6 Å². The van der Waals surface area contributed by atoms with E-state index in [0.717, 1.165) is 25.7 Å². The van der Waals surface area contributed by atoms with E-state index < -0.39 is 10.3 Å². The fraction of sp³-hybridized carbons (Fsp3) is 0.417. The zero-order valence-electron chi connectivity index (χ0n) is 10.3. The SMILES string of the molecule is NS(=O)(=O)Oc1ccc(NC(=O)C2CCCC2)cc1. The standard InChI is InChI=1S/C12H16N2O4S/c13-19(16,17)18-11-7-5-10(6-8-11)14-12(15)9-3-1-2-4-9/h5-9H,1-4H2,(H,14,15)(H2,13,16,17). The second-order valence-corrected chi connectivity index (χ2v) is 5.72. The molecule has 2 rings (SSSR count). The average Bonchev–Trinajstić information content (AvgIpc) is 2.83. The minimum Gasteiger partial charge on any atom is -0.371 e. The van der Waals surface area contributed by atoms with E-state index in [1.165, 1.54) is 12.1 Å². The van der Waals surface area contributed by atoms with Crippen LogP contribution >= 0.6 is 0 Å². The molecule has 0 atom stereocenters. The Bertz CT molecular complexity index is 548. The van der Waals surface area contributed by atoms with E-state index in [1.807, 2.05) is 0 Å². The fourth-order valence-electron chi connectivity index (χ4n) is 2.16. The molecule has 0 aliphatic heterocycles. The molecule has 0 heterocycles. The number of nitrogens with two attached hydrogens (primary N) is 1. The Hall–Kier alpha value is -1.60. The fourth-order valence-corrected chi connectivity index (χ4v) is 2.54. The Labute approximate surface area is 112 Å². The van der Waals surface area contributed by atoms with Crippen LogP contribution in [0.5, 0.6) is 5.75 Å². The van der Waals surface area contributed by atoms with Gasteiger partial charge in [-0.25, -0.2) is 0 Å². The largest absolute Gasteiger partial charge is 0.380 e. The Kier molecular flexibility index (Phi) is 4.06. The maximum Gasteiger partial charge on any atom is 0.380 e. The summed E-state index contributed by atoms with van der Waals surface area (Å²) in [6.45, 7) is 0. The third-order valence-electron chi connectivity index (χ3n) is 3.06. The highest BCUT2D eigenvalue weighted by Crippen LogP contribution is 2.26. The van der Waals surface area contributed by atoms with Gasteiger partial charge in [-0.2, -0.15) is 13.6 Å². The highest BCUT2D eigenvalue weighted by Gasteiger charge is 2.22. The van der Waals surface area contributed by atoms with Gasteiger partial charge >= 0.3 is 10.3 Å². The Balaban J connectivity index is 1.96. The van der Waals surface area contributed by atoms with Gasteiger partial charge in [-0.1, -0.05) is 12.8 Å². The summed E-state index contributed by atoms with van der Waals surface area (Å²) in [5.41, 5.74) is 0.610. The van der Waals surface area contributed by atoms with Crippen LogP contribution in [0.2, 0.25) is 0 Å². The molecule has 0 unspecified atom stereocenters. The molecule has 1 aliphatic rings. The molecule has 0 spiro atoms. The van der Waals surface area contributed by atoms with Crippen LogP contribution in [0.15, 0.2) is 24.3 Å². The van der Waals surface area contributed by atoms with Crippen molar-refractivity contribution < 1.29 is 17.4 Å². The molecule has 6 nitrogen and oxygen atoms in total. The summed E-state index contributed by atoms with van der Waals surface area (Å²) in [6.07, 6.45) is 4.05. The van der Waals surface area contributed by atoms with E-state index in [0.29, 0.717) is 5.69 Å². The number of carbonyl (C=O) groups excluding carboxylic acids is 1. The number of carbonyl (C=O) groups is 1. The lowest BCUT2D eigenvalue weighted by molar-refractivity contribution is -0.119. The summed E-state index contributed by atoms with van der Waals surface area (Å²) in [7, 11) is -4.01. The van der Waals surface area contributed by atoms with Gasteiger partial charge in [-0.05, 0) is 37.1 Å². The molecular formula is C12H16N2O4S. The first kappa shape index (κ1) is 13.8. The quantitative estimate of drug-likeness (QED) is 0.873. The minimum absolute atomic E-state index is 0.0117. The van der Waals surface area contributed by atoms with Crippen LogP contribution in [0, 0.1) is 5.92 Å². The molecule has 7 heteroatoms. The normalized spacial score (nSPS) is 16.3. The summed E-state index contributed by atoms with van der Waals surface area (Å²) >= 11 is 0. The smallest absolute Gasteiger partial charge is 0.371 e. The van der Waals surface area contributed by atoms with Gasteiger partial charge in [0.15, 0.2) is 0 Å². The zero-order valence-corrected chi connectivity index (χ0v) is 11.2. The van der Waals surface area contributed by atoms with Gasteiger partial charge in [0.2, 0.25) is 5.91 Å². The van der Waals surface area contributed by atoms with Crippen molar-refractivity contribution in [2.45, 2.75) is 25.7 Å². The Morgan fingerprint density at radius 3 is 2.32 bits per heavy atom. The van der Waals surface area contributed by atoms with Gasteiger partial charge in [-0.3, -0.25) is 4.79 Å². The second kappa shape index (κ2) is 5.58. The molecule has 19 heavy (non-hydrogen) atoms. The molecule has 1 amide bonds. The second-order valence-electron chi connectivity index (χ2n) is 4.57. The lowest BCUT2D eigenvalue weighted by Gasteiger charge is -2.10. The number of nitrogens with one attached hydrogen (secondary N) is 1. The number of hydrogen-bond acceptors (Lipinski definition) is 4. The molecule has 0 radical (unpaired) electrons. The number of rotatable bonds is 4. The van der Waals surface area contributed by atoms with Crippen LogP contribution < -0.4 is 14.6 Å². The minimum atomic E-state index is -4.01. The summed E-state index contributed by atoms with van der Waals surface area (Å²) in [5, 5.41) is 7.55. The summed E-state index contributed by atoms with van der Waals surface area (Å²) < 4.78 is 25.9. The predicted octanol–water partition coefficient (Wildman–Crippen LogP) is 1.40. The third kappa shape index (κ3) is 4.22. The summed E-state index contributed by atoms with van der Waals surface area (Å²) in [4.78, 5) is 11.9. The molecular weight excluding hydrogens is 268 g/mol. The van der Waals surface area contributed by atoms with E-state index in [1.54, 1.807) is 12.1 Å². The van der Waals surface area contributed by atoms with Gasteiger partial charge < -0.3 is 9.50 Å². The van der Waals surface area contributed by atoms with Crippen LogP contribution in [0.1, 0.15) is 25.7 Å². The van der Waals surface area contributed by atoms with E-state index in [2.05, 4.69) is 9.50 Å². The molecule has 1 aliphatic carbocycles. The monoisotopic (exact) mass is 284 g/mol. The van der Waals surface area contributed by atoms with E-state index >= 15 is 0 Å².